The van der Waals surface area contributed by atoms with E-state index in [1.54, 1.807) is 11.0 Å². The molecule has 0 aromatic carbocycles. The maximum atomic E-state index is 3.70. The monoisotopic (exact) mass is 298 g/mol. The third-order valence-electron chi connectivity index (χ3n) is 1.26. The summed E-state index contributed by atoms with van der Waals surface area (Å²) < 4.78 is 2.73. The number of hydrogen-bond acceptors (Lipinski definition) is 7. The number of hydrogen-bond donors (Lipinski definition) is 1. The van der Waals surface area contributed by atoms with Crippen LogP contribution in [0.5, 0.6) is 0 Å². The molecule has 1 aliphatic heterocycles. The molecule has 1 N–H and O–H groups in total. The van der Waals surface area contributed by atoms with Gasteiger partial charge in [-0.2, -0.15) is 3.71 Å². The zero-order valence-electron chi connectivity index (χ0n) is 8.26. The normalized spacial score (nSPS) is 21.7. The van der Waals surface area contributed by atoms with Crippen molar-refractivity contribution in [3.05, 3.63) is 25.3 Å². The van der Waals surface area contributed by atoms with Gasteiger partial charge in [0.05, 0.1) is 6.67 Å². The van der Waals surface area contributed by atoms with Crippen LogP contribution in [0.4, 0.5) is 0 Å². The van der Waals surface area contributed by atoms with Gasteiger partial charge in [-0.05, 0) is 11.9 Å². The fourth-order valence-electron chi connectivity index (χ4n) is 0.712. The van der Waals surface area contributed by atoms with Crippen LogP contribution >= 0.6 is 55.3 Å². The van der Waals surface area contributed by atoms with E-state index in [1.807, 2.05) is 56.5 Å². The average Bonchev–Trinajstić information content (AvgIpc) is 2.67. The molecule has 1 heterocycles. The number of nitrogens with one attached hydrogen (secondary N) is 1. The summed E-state index contributed by atoms with van der Waals surface area (Å²) in [7, 11) is 7.30. The SMILES string of the molecule is C=CCSSC1NCN(SSCC=C)S1. The van der Waals surface area contributed by atoms with Gasteiger partial charge in [-0.25, -0.2) is 0 Å². The Morgan fingerprint density at radius 2 is 2.07 bits per heavy atom. The van der Waals surface area contributed by atoms with Crippen molar-refractivity contribution in [3.63, 3.8) is 0 Å². The second kappa shape index (κ2) is 9.21. The van der Waals surface area contributed by atoms with Gasteiger partial charge in [0, 0.05) is 22.5 Å². The Morgan fingerprint density at radius 1 is 1.33 bits per heavy atom. The Labute approximate surface area is 112 Å². The lowest BCUT2D eigenvalue weighted by molar-refractivity contribution is 0.684. The van der Waals surface area contributed by atoms with Gasteiger partial charge < -0.3 is 0 Å². The summed E-state index contributed by atoms with van der Waals surface area (Å²) >= 11 is 1.85. The van der Waals surface area contributed by atoms with Gasteiger partial charge in [-0.15, -0.1) is 13.2 Å². The summed E-state index contributed by atoms with van der Waals surface area (Å²) in [6, 6.07) is 0. The van der Waals surface area contributed by atoms with E-state index < -0.39 is 0 Å². The molecule has 7 heteroatoms. The quantitative estimate of drug-likeness (QED) is 0.313. The van der Waals surface area contributed by atoms with Gasteiger partial charge in [0.1, 0.15) is 4.71 Å². The molecule has 0 bridgehead atoms. The molecule has 0 radical (unpaired) electrons. The van der Waals surface area contributed by atoms with Gasteiger partial charge in [-0.1, -0.05) is 44.5 Å². The zero-order valence-corrected chi connectivity index (χ0v) is 12.3. The summed E-state index contributed by atoms with van der Waals surface area (Å²) in [6.45, 7) is 8.34. The van der Waals surface area contributed by atoms with E-state index in [4.69, 9.17) is 0 Å². The second-order valence-electron chi connectivity index (χ2n) is 2.45. The molecule has 1 unspecified atom stereocenters. The first-order valence-corrected chi connectivity index (χ1v) is 9.83. The largest absolute Gasteiger partial charge is 0.281 e. The van der Waals surface area contributed by atoms with Crippen LogP contribution in [0.15, 0.2) is 25.3 Å². The molecule has 0 saturated carbocycles. The van der Waals surface area contributed by atoms with Gasteiger partial charge in [0.15, 0.2) is 0 Å². The molecule has 0 aromatic heterocycles. The summed E-state index contributed by atoms with van der Waals surface area (Å²) in [5.74, 6) is 1.99. The number of rotatable bonds is 8. The van der Waals surface area contributed by atoms with Crippen LogP contribution < -0.4 is 5.32 Å². The molecule has 0 aromatic rings. The third-order valence-corrected chi connectivity index (χ3v) is 7.94. The summed E-state index contributed by atoms with van der Waals surface area (Å²) in [6.07, 6.45) is 3.86. The molecule has 0 amide bonds. The minimum Gasteiger partial charge on any atom is -0.281 e. The summed E-state index contributed by atoms with van der Waals surface area (Å²) in [4.78, 5) is 0. The van der Waals surface area contributed by atoms with Crippen molar-refractivity contribution < 1.29 is 0 Å². The number of nitrogens with zero attached hydrogens (tertiary/aromatic N) is 1. The van der Waals surface area contributed by atoms with E-state index in [1.165, 1.54) is 0 Å². The van der Waals surface area contributed by atoms with Crippen LogP contribution in [0.2, 0.25) is 0 Å². The highest BCUT2D eigenvalue weighted by Gasteiger charge is 2.23. The van der Waals surface area contributed by atoms with E-state index in [-0.39, 0.29) is 0 Å². The second-order valence-corrected chi connectivity index (χ2v) is 8.93. The van der Waals surface area contributed by atoms with Gasteiger partial charge in [0.2, 0.25) is 0 Å². The predicted octanol–water partition coefficient (Wildman–Crippen LogP) is 3.83. The molecule has 1 fully saturated rings. The lowest BCUT2D eigenvalue weighted by Gasteiger charge is -2.09. The molecule has 1 atom stereocenters. The Balaban J connectivity index is 2.04. The van der Waals surface area contributed by atoms with Crippen LogP contribution in [0.3, 0.4) is 0 Å². The first kappa shape index (κ1) is 14.2. The lowest BCUT2D eigenvalue weighted by Crippen LogP contribution is -2.16. The van der Waals surface area contributed by atoms with E-state index in [9.17, 15) is 0 Å². The summed E-state index contributed by atoms with van der Waals surface area (Å²) in [5.41, 5.74) is 0. The van der Waals surface area contributed by atoms with Crippen molar-refractivity contribution in [2.24, 2.45) is 0 Å². The molecule has 1 saturated heterocycles. The van der Waals surface area contributed by atoms with Gasteiger partial charge in [-0.3, -0.25) is 5.32 Å². The Hall–Kier alpha value is 1.15. The van der Waals surface area contributed by atoms with Crippen LogP contribution in [0.1, 0.15) is 0 Å². The summed E-state index contributed by atoms with van der Waals surface area (Å²) in [5, 5.41) is 3.43. The maximum absolute atomic E-state index is 3.70. The predicted molar refractivity (Wildman–Crippen MR) is 81.7 cm³/mol. The van der Waals surface area contributed by atoms with E-state index >= 15 is 0 Å². The molecular formula is C8H14N2S5. The highest BCUT2D eigenvalue weighted by molar-refractivity contribution is 8.79. The first-order valence-electron chi connectivity index (χ1n) is 4.34. The third kappa shape index (κ3) is 6.45. The molecule has 86 valence electrons. The van der Waals surface area contributed by atoms with Crippen LogP contribution in [0, 0.1) is 0 Å². The minimum absolute atomic E-state index is 0.465. The smallest absolute Gasteiger partial charge is 0.127 e. The molecular weight excluding hydrogens is 284 g/mol. The Morgan fingerprint density at radius 3 is 2.80 bits per heavy atom. The van der Waals surface area contributed by atoms with Gasteiger partial charge in [0.25, 0.3) is 0 Å². The van der Waals surface area contributed by atoms with Crippen LogP contribution in [-0.4, -0.2) is 26.6 Å². The minimum atomic E-state index is 0.465. The fourth-order valence-corrected chi connectivity index (χ4v) is 6.68. The van der Waals surface area contributed by atoms with Crippen molar-refractivity contribution in [2.75, 3.05) is 18.2 Å². The van der Waals surface area contributed by atoms with Crippen molar-refractivity contribution in [1.82, 2.24) is 9.03 Å². The lowest BCUT2D eigenvalue weighted by atomic mass is 10.8. The van der Waals surface area contributed by atoms with E-state index in [0.29, 0.717) is 4.71 Å². The Kier molecular flexibility index (Phi) is 8.72. The highest BCUT2D eigenvalue weighted by atomic mass is 33.1. The molecule has 15 heavy (non-hydrogen) atoms. The van der Waals surface area contributed by atoms with Crippen molar-refractivity contribution in [3.8, 4) is 0 Å². The van der Waals surface area contributed by atoms with E-state index in [0.717, 1.165) is 18.2 Å². The molecule has 1 aliphatic rings. The van der Waals surface area contributed by atoms with E-state index in [2.05, 4.69) is 22.2 Å². The zero-order chi connectivity index (χ0) is 10.9. The molecule has 0 spiro atoms. The van der Waals surface area contributed by atoms with Crippen molar-refractivity contribution in [1.29, 1.82) is 0 Å². The van der Waals surface area contributed by atoms with Crippen molar-refractivity contribution >= 4 is 55.3 Å². The Bertz CT molecular complexity index is 181. The topological polar surface area (TPSA) is 15.3 Å². The standard InChI is InChI=1S/C8H14N2S5/c1-3-5-11-14-8-9-7-10(13-8)15-12-6-4-2/h3-4,8-9H,1-2,5-7H2. The molecule has 1 rings (SSSR count). The average molecular weight is 299 g/mol. The fraction of sp³-hybridized carbons (Fsp3) is 0.500. The highest BCUT2D eigenvalue weighted by Crippen LogP contribution is 2.42. The first-order chi connectivity index (χ1) is 7.36. The maximum Gasteiger partial charge on any atom is 0.127 e. The van der Waals surface area contributed by atoms with Crippen LogP contribution in [-0.2, 0) is 0 Å². The molecule has 2 nitrogen and oxygen atoms in total. The van der Waals surface area contributed by atoms with Gasteiger partial charge >= 0.3 is 0 Å². The molecule has 0 aliphatic carbocycles. The van der Waals surface area contributed by atoms with Crippen LogP contribution in [0.25, 0.3) is 0 Å². The van der Waals surface area contributed by atoms with Crippen molar-refractivity contribution in [2.45, 2.75) is 4.71 Å².